The van der Waals surface area contributed by atoms with Gasteiger partial charge in [0.2, 0.25) is 0 Å². The van der Waals surface area contributed by atoms with Crippen LogP contribution in [0.2, 0.25) is 0 Å². The maximum atomic E-state index is 10.2. The van der Waals surface area contributed by atoms with Gasteiger partial charge in [0.15, 0.2) is 0 Å². The van der Waals surface area contributed by atoms with E-state index in [1.807, 2.05) is 0 Å². The minimum Gasteiger partial charge on any atom is -0.506 e. The summed E-state index contributed by atoms with van der Waals surface area (Å²) in [5, 5.41) is 17.2. The number of nitrogen functional groups attached to an aromatic ring is 1. The Balaban J connectivity index is 0.000000306. The summed E-state index contributed by atoms with van der Waals surface area (Å²) < 4.78 is 0. The van der Waals surface area contributed by atoms with Crippen LogP contribution in [0.1, 0.15) is 10.4 Å². The molecule has 0 unspecified atom stereocenters. The molecule has 0 fully saturated rings. The minimum atomic E-state index is -0.879. The molecule has 0 spiro atoms. The Kier molecular flexibility index (Phi) is 7.00. The van der Waals surface area contributed by atoms with Crippen LogP contribution in [0.4, 0.5) is 5.69 Å². The lowest BCUT2D eigenvalue weighted by atomic mass is 10.2. The highest BCUT2D eigenvalue weighted by molar-refractivity contribution is 5.87. The van der Waals surface area contributed by atoms with Crippen LogP contribution >= 0.6 is 12.4 Å². The molecule has 4 nitrogen and oxygen atoms in total. The molecule has 0 radical (unpaired) electrons. The molecule has 0 heterocycles. The fourth-order valence-corrected chi connectivity index (χ4v) is 1.07. The Hall–Kier alpha value is -2.20. The summed E-state index contributed by atoms with van der Waals surface area (Å²) in [6, 6.07) is 15.0. The molecule has 0 atom stereocenters. The van der Waals surface area contributed by atoms with Crippen molar-refractivity contribution in [3.8, 4) is 5.75 Å². The van der Waals surface area contributed by atoms with Crippen LogP contribution in [0.3, 0.4) is 0 Å². The molecule has 2 aromatic carbocycles. The van der Waals surface area contributed by atoms with E-state index in [0.717, 1.165) is 0 Å². The number of benzene rings is 2. The maximum Gasteiger partial charge on any atom is 0.335 e. The fourth-order valence-electron chi connectivity index (χ4n) is 1.07. The standard InChI is InChI=1S/C7H6O2.C6H7NO.ClH/c8-7(9)6-4-2-1-3-5-6;7-5-3-1-2-4-6(5)8;/h1-5H,(H,8,9);1-4,8H,7H2;1H. The van der Waals surface area contributed by atoms with Crippen molar-refractivity contribution in [3.05, 3.63) is 60.2 Å². The van der Waals surface area contributed by atoms with Gasteiger partial charge in [0.25, 0.3) is 0 Å². The summed E-state index contributed by atoms with van der Waals surface area (Å²) in [4.78, 5) is 10.2. The van der Waals surface area contributed by atoms with E-state index in [-0.39, 0.29) is 18.2 Å². The van der Waals surface area contributed by atoms with Gasteiger partial charge in [-0.3, -0.25) is 0 Å². The van der Waals surface area contributed by atoms with E-state index in [9.17, 15) is 4.79 Å². The SMILES string of the molecule is Cl.Nc1ccccc1O.O=C(O)c1ccccc1. The van der Waals surface area contributed by atoms with Gasteiger partial charge in [-0.2, -0.15) is 0 Å². The van der Waals surface area contributed by atoms with Crippen LogP contribution in [-0.4, -0.2) is 16.2 Å². The third kappa shape index (κ3) is 5.23. The molecule has 5 heteroatoms. The summed E-state index contributed by atoms with van der Waals surface area (Å²) in [5.41, 5.74) is 6.02. The highest BCUT2D eigenvalue weighted by Crippen LogP contribution is 2.16. The summed E-state index contributed by atoms with van der Waals surface area (Å²) in [5.74, 6) is -0.733. The van der Waals surface area contributed by atoms with Crippen molar-refractivity contribution in [2.24, 2.45) is 0 Å². The van der Waals surface area contributed by atoms with Crippen molar-refractivity contribution in [2.75, 3.05) is 5.73 Å². The first kappa shape index (κ1) is 15.8. The number of para-hydroxylation sites is 2. The molecule has 0 aliphatic heterocycles. The Morgan fingerprint density at radius 2 is 1.44 bits per heavy atom. The molecule has 0 bridgehead atoms. The van der Waals surface area contributed by atoms with Crippen LogP contribution in [0, 0.1) is 0 Å². The van der Waals surface area contributed by atoms with Gasteiger partial charge in [-0.25, -0.2) is 4.79 Å². The first-order chi connectivity index (χ1) is 8.11. The van der Waals surface area contributed by atoms with Gasteiger partial charge in [-0.05, 0) is 24.3 Å². The minimum absolute atomic E-state index is 0. The van der Waals surface area contributed by atoms with Crippen LogP contribution < -0.4 is 5.73 Å². The largest absolute Gasteiger partial charge is 0.506 e. The number of hydrogen-bond acceptors (Lipinski definition) is 3. The van der Waals surface area contributed by atoms with E-state index in [1.165, 1.54) is 0 Å². The molecular weight excluding hydrogens is 254 g/mol. The van der Waals surface area contributed by atoms with Crippen molar-refractivity contribution in [1.82, 2.24) is 0 Å². The number of rotatable bonds is 1. The number of phenols is 1. The number of carboxylic acid groups (broad SMARTS) is 1. The molecule has 0 aromatic heterocycles. The van der Waals surface area contributed by atoms with E-state index in [2.05, 4.69) is 0 Å². The monoisotopic (exact) mass is 267 g/mol. The first-order valence-electron chi connectivity index (χ1n) is 4.93. The highest BCUT2D eigenvalue weighted by atomic mass is 35.5. The summed E-state index contributed by atoms with van der Waals surface area (Å²) in [7, 11) is 0. The molecule has 0 aliphatic carbocycles. The Morgan fingerprint density at radius 3 is 1.78 bits per heavy atom. The second-order valence-corrected chi connectivity index (χ2v) is 3.23. The van der Waals surface area contributed by atoms with Gasteiger partial charge in [0, 0.05) is 0 Å². The second kappa shape index (κ2) is 7.97. The maximum absolute atomic E-state index is 10.2. The Morgan fingerprint density at radius 1 is 0.944 bits per heavy atom. The van der Waals surface area contributed by atoms with Crippen molar-refractivity contribution >= 4 is 24.1 Å². The Labute approximate surface area is 111 Å². The highest BCUT2D eigenvalue weighted by Gasteiger charge is 1.96. The molecule has 0 saturated carbocycles. The fraction of sp³-hybridized carbons (Fsp3) is 0. The molecule has 96 valence electrons. The number of phenolic OH excluding ortho intramolecular Hbond substituents is 1. The number of halogens is 1. The molecule has 0 aliphatic rings. The number of hydrogen-bond donors (Lipinski definition) is 3. The van der Waals surface area contributed by atoms with Gasteiger partial charge < -0.3 is 15.9 Å². The smallest absolute Gasteiger partial charge is 0.335 e. The predicted octanol–water partition coefficient (Wildman–Crippen LogP) is 2.78. The molecule has 0 saturated heterocycles. The van der Waals surface area contributed by atoms with E-state index in [1.54, 1.807) is 54.6 Å². The normalized spacial score (nSPS) is 8.44. The number of carboxylic acids is 1. The molecular formula is C13H14ClNO3. The first-order valence-corrected chi connectivity index (χ1v) is 4.93. The van der Waals surface area contributed by atoms with E-state index >= 15 is 0 Å². The van der Waals surface area contributed by atoms with Gasteiger partial charge in [0.1, 0.15) is 5.75 Å². The topological polar surface area (TPSA) is 83.5 Å². The third-order valence-corrected chi connectivity index (χ3v) is 1.96. The van der Waals surface area contributed by atoms with Gasteiger partial charge in [0.05, 0.1) is 11.3 Å². The quantitative estimate of drug-likeness (QED) is 0.548. The van der Waals surface area contributed by atoms with Crippen molar-refractivity contribution in [2.45, 2.75) is 0 Å². The average Bonchev–Trinajstić information content (AvgIpc) is 2.35. The number of aromatic hydroxyl groups is 1. The van der Waals surface area contributed by atoms with E-state index < -0.39 is 5.97 Å². The summed E-state index contributed by atoms with van der Waals surface area (Å²) in [6.07, 6.45) is 0. The number of aromatic carboxylic acids is 1. The number of carbonyl (C=O) groups is 1. The van der Waals surface area contributed by atoms with E-state index in [4.69, 9.17) is 15.9 Å². The van der Waals surface area contributed by atoms with Crippen LogP contribution in [0.15, 0.2) is 54.6 Å². The predicted molar refractivity (Wildman–Crippen MR) is 73.2 cm³/mol. The van der Waals surface area contributed by atoms with Crippen molar-refractivity contribution < 1.29 is 15.0 Å². The summed E-state index contributed by atoms with van der Waals surface area (Å²) >= 11 is 0. The lowest BCUT2D eigenvalue weighted by Gasteiger charge is -1.92. The van der Waals surface area contributed by atoms with Crippen LogP contribution in [-0.2, 0) is 0 Å². The summed E-state index contributed by atoms with van der Waals surface area (Å²) in [6.45, 7) is 0. The van der Waals surface area contributed by atoms with Crippen LogP contribution in [0.25, 0.3) is 0 Å². The zero-order chi connectivity index (χ0) is 12.7. The number of anilines is 1. The lowest BCUT2D eigenvalue weighted by molar-refractivity contribution is 0.0697. The lowest BCUT2D eigenvalue weighted by Crippen LogP contribution is -1.93. The molecule has 0 amide bonds. The average molecular weight is 268 g/mol. The third-order valence-electron chi connectivity index (χ3n) is 1.96. The molecule has 2 aromatic rings. The second-order valence-electron chi connectivity index (χ2n) is 3.23. The molecule has 18 heavy (non-hydrogen) atoms. The number of nitrogens with two attached hydrogens (primary N) is 1. The van der Waals surface area contributed by atoms with E-state index in [0.29, 0.717) is 11.3 Å². The van der Waals surface area contributed by atoms with Gasteiger partial charge in [-0.1, -0.05) is 30.3 Å². The van der Waals surface area contributed by atoms with Gasteiger partial charge in [-0.15, -0.1) is 12.4 Å². The van der Waals surface area contributed by atoms with Crippen molar-refractivity contribution in [1.29, 1.82) is 0 Å². The van der Waals surface area contributed by atoms with Crippen molar-refractivity contribution in [3.63, 3.8) is 0 Å². The Bertz CT molecular complexity index is 468. The van der Waals surface area contributed by atoms with Crippen LogP contribution in [0.5, 0.6) is 5.75 Å². The molecule has 2 rings (SSSR count). The zero-order valence-corrected chi connectivity index (χ0v) is 10.3. The zero-order valence-electron chi connectivity index (χ0n) is 9.48. The molecule has 4 N–H and O–H groups in total. The van der Waals surface area contributed by atoms with Gasteiger partial charge >= 0.3 is 5.97 Å².